The van der Waals surface area contributed by atoms with Crippen LogP contribution in [0.5, 0.6) is 5.75 Å². The van der Waals surface area contributed by atoms with E-state index in [0.29, 0.717) is 18.3 Å². The number of nitrogens with one attached hydrogen (secondary N) is 3. The number of allylic oxidation sites excluding steroid dienone is 1. The van der Waals surface area contributed by atoms with Gasteiger partial charge >= 0.3 is 11.9 Å². The first kappa shape index (κ1) is 32.8. The Bertz CT molecular complexity index is 2080. The second-order valence-electron chi connectivity index (χ2n) is 15.8. The normalized spacial score (nSPS) is 33.2. The minimum Gasteiger partial charge on any atom is -0.496 e. The van der Waals surface area contributed by atoms with Gasteiger partial charge in [-0.25, -0.2) is 0 Å². The summed E-state index contributed by atoms with van der Waals surface area (Å²) in [7, 11) is 4.82. The van der Waals surface area contributed by atoms with E-state index in [0.717, 1.165) is 78.7 Å². The van der Waals surface area contributed by atoms with Crippen LogP contribution in [0.1, 0.15) is 73.5 Å². The smallest absolute Gasteiger partial charge is 0.319 e. The number of fused-ring (bicyclic) bond motifs is 9. The fourth-order valence-corrected chi connectivity index (χ4v) is 11.7. The van der Waals surface area contributed by atoms with Crippen LogP contribution >= 0.6 is 0 Å². The van der Waals surface area contributed by atoms with Crippen molar-refractivity contribution >= 4 is 33.7 Å². The highest BCUT2D eigenvalue weighted by Gasteiger charge is 2.62. The second kappa shape index (κ2) is 12.3. The van der Waals surface area contributed by atoms with E-state index >= 15 is 0 Å². The molecule has 9 atom stereocenters. The molecule has 2 aliphatic carbocycles. The highest BCUT2D eigenvalue weighted by molar-refractivity contribution is 5.93. The number of hydrogen-bond donors (Lipinski definition) is 3. The van der Waals surface area contributed by atoms with Crippen molar-refractivity contribution in [2.45, 2.75) is 75.8 Å². The molecule has 2 aromatic carbocycles. The van der Waals surface area contributed by atoms with Gasteiger partial charge in [-0.15, -0.1) is 0 Å². The number of carbonyl (C=O) groups is 2. The van der Waals surface area contributed by atoms with Gasteiger partial charge in [-0.1, -0.05) is 43.2 Å². The van der Waals surface area contributed by atoms with E-state index in [1.807, 2.05) is 0 Å². The van der Waals surface area contributed by atoms with E-state index in [2.05, 4.69) is 76.5 Å². The van der Waals surface area contributed by atoms with Crippen molar-refractivity contribution in [3.8, 4) is 5.75 Å². The Morgan fingerprint density at radius 1 is 1.02 bits per heavy atom. The first-order valence-electron chi connectivity index (χ1n) is 19.0. The van der Waals surface area contributed by atoms with Crippen LogP contribution in [0.2, 0.25) is 0 Å². The summed E-state index contributed by atoms with van der Waals surface area (Å²) >= 11 is 0. The molecule has 10 rings (SSSR count). The Labute approximate surface area is 299 Å². The quantitative estimate of drug-likeness (QED) is 0.170. The summed E-state index contributed by atoms with van der Waals surface area (Å²) in [6.45, 7) is 7.08. The van der Waals surface area contributed by atoms with Gasteiger partial charge in [0.15, 0.2) is 0 Å². The fraction of sp³-hybridized carbons (Fsp3) is 0.524. The molecule has 9 heteroatoms. The molecule has 1 saturated carbocycles. The molecule has 3 saturated heterocycles. The summed E-state index contributed by atoms with van der Waals surface area (Å²) in [6, 6.07) is 13.1. The molecule has 4 aliphatic heterocycles. The monoisotopic (exact) mass is 690 g/mol. The predicted molar refractivity (Wildman–Crippen MR) is 197 cm³/mol. The van der Waals surface area contributed by atoms with Crippen LogP contribution in [0, 0.1) is 23.7 Å². The van der Waals surface area contributed by atoms with Gasteiger partial charge in [0.2, 0.25) is 0 Å². The second-order valence-corrected chi connectivity index (χ2v) is 15.8. The van der Waals surface area contributed by atoms with Crippen LogP contribution in [0.3, 0.4) is 0 Å². The Morgan fingerprint density at radius 2 is 1.86 bits per heavy atom. The van der Waals surface area contributed by atoms with Crippen LogP contribution in [0.25, 0.3) is 21.8 Å². The van der Waals surface area contributed by atoms with Crippen LogP contribution < -0.4 is 10.1 Å². The van der Waals surface area contributed by atoms with Crippen molar-refractivity contribution in [2.24, 2.45) is 23.7 Å². The number of methoxy groups -OCH3 is 3. The van der Waals surface area contributed by atoms with E-state index < -0.39 is 5.41 Å². The average Bonchev–Trinajstić information content (AvgIpc) is 3.68. The van der Waals surface area contributed by atoms with E-state index in [1.54, 1.807) is 14.2 Å². The SMILES string of the molecule is CC=C1CNC2Cc3c([nH]c4ccccc34)C(c3cc4[nH]c5c(c4cc3OC)CCN3CC4CC(CC)C3C5(C(=O)OC)C4)CC1C2C(=O)OC. The maximum absolute atomic E-state index is 14.2. The van der Waals surface area contributed by atoms with Crippen molar-refractivity contribution in [1.82, 2.24) is 20.2 Å². The number of hydrogen-bond acceptors (Lipinski definition) is 7. The number of aromatic nitrogens is 2. The number of para-hydroxylation sites is 1. The summed E-state index contributed by atoms with van der Waals surface area (Å²) in [5.74, 6) is 1.07. The molecule has 9 unspecified atom stereocenters. The van der Waals surface area contributed by atoms with Crippen molar-refractivity contribution in [3.05, 3.63) is 76.1 Å². The summed E-state index contributed by atoms with van der Waals surface area (Å²) in [5.41, 5.74) is 8.40. The minimum absolute atomic E-state index is 0.00336. The first-order chi connectivity index (χ1) is 24.8. The third-order valence-corrected chi connectivity index (χ3v) is 13.7. The predicted octanol–water partition coefficient (Wildman–Crippen LogP) is 6.15. The summed E-state index contributed by atoms with van der Waals surface area (Å²) < 4.78 is 17.5. The van der Waals surface area contributed by atoms with Crippen molar-refractivity contribution in [2.75, 3.05) is 41.0 Å². The lowest BCUT2D eigenvalue weighted by atomic mass is 9.56. The molecule has 2 aromatic heterocycles. The lowest BCUT2D eigenvalue weighted by molar-refractivity contribution is -0.162. The molecule has 51 heavy (non-hydrogen) atoms. The Morgan fingerprint density at radius 3 is 2.63 bits per heavy atom. The number of benzene rings is 2. The zero-order valence-corrected chi connectivity index (χ0v) is 30.4. The van der Waals surface area contributed by atoms with Crippen LogP contribution in [-0.2, 0) is 37.3 Å². The Balaban J connectivity index is 1.26. The molecule has 4 aromatic rings. The number of esters is 2. The van der Waals surface area contributed by atoms with Crippen molar-refractivity contribution in [1.29, 1.82) is 0 Å². The molecule has 0 amide bonds. The Kier molecular flexibility index (Phi) is 7.89. The fourth-order valence-electron chi connectivity index (χ4n) is 11.7. The summed E-state index contributed by atoms with van der Waals surface area (Å²) in [5, 5.41) is 6.02. The molecule has 6 aliphatic rings. The van der Waals surface area contributed by atoms with Crippen LogP contribution in [-0.4, -0.2) is 79.9 Å². The number of aromatic amines is 2. The molecule has 268 valence electrons. The van der Waals surface area contributed by atoms with Gasteiger partial charge in [-0.3, -0.25) is 14.5 Å². The number of carbonyl (C=O) groups excluding carboxylic acids is 2. The van der Waals surface area contributed by atoms with Crippen LogP contribution in [0.4, 0.5) is 0 Å². The Hall–Kier alpha value is -4.08. The molecule has 9 nitrogen and oxygen atoms in total. The number of rotatable bonds is 5. The number of piperidine rings is 3. The summed E-state index contributed by atoms with van der Waals surface area (Å²) in [4.78, 5) is 38.2. The number of ether oxygens (including phenoxy) is 3. The lowest BCUT2D eigenvalue weighted by Crippen LogP contribution is -2.67. The average molecular weight is 691 g/mol. The molecule has 6 heterocycles. The van der Waals surface area contributed by atoms with E-state index in [9.17, 15) is 9.59 Å². The molecule has 6 bridgehead atoms. The molecule has 0 radical (unpaired) electrons. The van der Waals surface area contributed by atoms with Gasteiger partial charge < -0.3 is 29.5 Å². The van der Waals surface area contributed by atoms with Crippen molar-refractivity contribution in [3.63, 3.8) is 0 Å². The molecule has 0 spiro atoms. The van der Waals surface area contributed by atoms with Crippen molar-refractivity contribution < 1.29 is 23.8 Å². The lowest BCUT2D eigenvalue weighted by Gasteiger charge is -2.57. The van der Waals surface area contributed by atoms with Gasteiger partial charge in [0, 0.05) is 76.4 Å². The van der Waals surface area contributed by atoms with Gasteiger partial charge in [0.25, 0.3) is 0 Å². The largest absolute Gasteiger partial charge is 0.496 e. The zero-order valence-electron chi connectivity index (χ0n) is 30.4. The van der Waals surface area contributed by atoms with E-state index in [1.165, 1.54) is 41.3 Å². The molecular formula is C42H50N4O5. The summed E-state index contributed by atoms with van der Waals surface area (Å²) in [6.07, 6.45) is 7.53. The standard InChI is InChI=1S/C42H50N4O5/c1-6-23-14-22-19-42(41(48)51-5)38-26(12-13-46(21-22)39(23)42)28-18-35(49-3)29(16-33(28)45-38)30-15-27-24(7-2)20-43-34(36(27)40(47)50-4)17-31-25-10-8-9-11-32(25)44-37(30)31/h7-11,16,18,22-23,27,30,34,36,39,43-45H,6,12-15,17,19-21H2,1-5H3. The number of H-pyrrole nitrogens is 2. The molecule has 3 N–H and O–H groups in total. The highest BCUT2D eigenvalue weighted by Crippen LogP contribution is 2.56. The number of nitrogens with zero attached hydrogens (tertiary/aromatic N) is 1. The third kappa shape index (κ3) is 4.66. The first-order valence-corrected chi connectivity index (χ1v) is 19.0. The molecule has 4 fully saturated rings. The van der Waals surface area contributed by atoms with Gasteiger partial charge in [-0.05, 0) is 86.1 Å². The molecular weight excluding hydrogens is 640 g/mol. The minimum atomic E-state index is -0.724. The third-order valence-electron chi connectivity index (χ3n) is 13.7. The van der Waals surface area contributed by atoms with Gasteiger partial charge in [0.1, 0.15) is 11.2 Å². The van der Waals surface area contributed by atoms with Gasteiger partial charge in [0.05, 0.1) is 27.2 Å². The van der Waals surface area contributed by atoms with E-state index in [-0.39, 0.29) is 41.8 Å². The maximum Gasteiger partial charge on any atom is 0.319 e. The van der Waals surface area contributed by atoms with Crippen LogP contribution in [0.15, 0.2) is 48.0 Å². The topological polar surface area (TPSA) is 109 Å². The van der Waals surface area contributed by atoms with Gasteiger partial charge in [-0.2, -0.15) is 0 Å². The highest BCUT2D eigenvalue weighted by atomic mass is 16.5. The zero-order chi connectivity index (χ0) is 35.2. The van der Waals surface area contributed by atoms with E-state index in [4.69, 9.17) is 14.2 Å². The maximum atomic E-state index is 14.2.